The summed E-state index contributed by atoms with van der Waals surface area (Å²) in [4.78, 5) is 41.8. The number of benzene rings is 2. The summed E-state index contributed by atoms with van der Waals surface area (Å²) in [5.41, 5.74) is 0.497. The van der Waals surface area contributed by atoms with Gasteiger partial charge in [-0.25, -0.2) is 0 Å². The number of amides is 3. The average molecular weight is 510 g/mol. The summed E-state index contributed by atoms with van der Waals surface area (Å²) in [5.74, 6) is -0.305. The summed E-state index contributed by atoms with van der Waals surface area (Å²) in [6, 6.07) is 16.5. The number of rotatable bonds is 9. The molecular weight excluding hydrogens is 478 g/mol. The van der Waals surface area contributed by atoms with E-state index in [1.165, 1.54) is 30.5 Å². The molecule has 190 valence electrons. The van der Waals surface area contributed by atoms with E-state index < -0.39 is 17.5 Å². The molecule has 9 heteroatoms. The van der Waals surface area contributed by atoms with Crippen LogP contribution in [-0.2, 0) is 9.59 Å². The Labute approximate surface area is 215 Å². The summed E-state index contributed by atoms with van der Waals surface area (Å²) in [6.07, 6.45) is 0. The van der Waals surface area contributed by atoms with Gasteiger partial charge < -0.3 is 20.1 Å². The van der Waals surface area contributed by atoms with E-state index in [0.717, 1.165) is 0 Å². The quantitative estimate of drug-likeness (QED) is 0.451. The molecule has 0 aliphatic carbocycles. The number of thiophene rings is 1. The third-order valence-corrected chi connectivity index (χ3v) is 6.05. The highest BCUT2D eigenvalue weighted by atomic mass is 32.1. The van der Waals surface area contributed by atoms with Crippen LogP contribution in [0.2, 0.25) is 0 Å². The van der Waals surface area contributed by atoms with E-state index in [1.54, 1.807) is 47.8 Å². The molecule has 0 spiro atoms. The Hall–Kier alpha value is -3.85. The monoisotopic (exact) mass is 509 g/mol. The van der Waals surface area contributed by atoms with Crippen molar-refractivity contribution in [1.29, 1.82) is 0 Å². The lowest BCUT2D eigenvalue weighted by Gasteiger charge is -2.34. The molecule has 1 heterocycles. The van der Waals surface area contributed by atoms with Crippen molar-refractivity contribution in [2.24, 2.45) is 0 Å². The van der Waals surface area contributed by atoms with E-state index in [9.17, 15) is 14.4 Å². The van der Waals surface area contributed by atoms with Crippen molar-refractivity contribution in [3.63, 3.8) is 0 Å². The molecule has 0 bridgehead atoms. The van der Waals surface area contributed by atoms with Crippen LogP contribution in [0.1, 0.15) is 42.0 Å². The van der Waals surface area contributed by atoms with Crippen molar-refractivity contribution in [3.8, 4) is 11.5 Å². The molecule has 2 N–H and O–H groups in total. The Morgan fingerprint density at radius 1 is 0.944 bits per heavy atom. The minimum Gasteiger partial charge on any atom is -0.493 e. The molecule has 0 radical (unpaired) electrons. The summed E-state index contributed by atoms with van der Waals surface area (Å²) >= 11 is 1.28. The molecule has 0 saturated heterocycles. The average Bonchev–Trinajstić information content (AvgIpc) is 3.39. The van der Waals surface area contributed by atoms with Gasteiger partial charge in [0.15, 0.2) is 11.5 Å². The maximum Gasteiger partial charge on any atom is 0.261 e. The van der Waals surface area contributed by atoms with Crippen molar-refractivity contribution in [2.45, 2.75) is 32.4 Å². The first-order chi connectivity index (χ1) is 17.1. The normalized spacial score (nSPS) is 11.8. The van der Waals surface area contributed by atoms with Gasteiger partial charge in [-0.3, -0.25) is 19.3 Å². The molecule has 36 heavy (non-hydrogen) atoms. The molecule has 3 amide bonds. The first kappa shape index (κ1) is 26.7. The van der Waals surface area contributed by atoms with Gasteiger partial charge in [-0.05, 0) is 49.9 Å². The Morgan fingerprint density at radius 2 is 1.64 bits per heavy atom. The molecule has 0 fully saturated rings. The zero-order chi connectivity index (χ0) is 26.3. The number of nitrogens with one attached hydrogen (secondary N) is 2. The molecule has 0 saturated carbocycles. The lowest BCUT2D eigenvalue weighted by Crippen LogP contribution is -2.51. The van der Waals surface area contributed by atoms with Gasteiger partial charge in [0.05, 0.1) is 25.6 Å². The SMILES string of the molecule is COc1ccc(N(C(=O)CNC(=O)c2cccs2)C(C(=O)NC(C)(C)C)c2ccccc2)cc1OC. The topological polar surface area (TPSA) is 97.0 Å². The zero-order valence-electron chi connectivity index (χ0n) is 21.0. The number of carbonyl (C=O) groups is 3. The van der Waals surface area contributed by atoms with Crippen LogP contribution >= 0.6 is 11.3 Å². The fourth-order valence-electron chi connectivity index (χ4n) is 3.64. The van der Waals surface area contributed by atoms with Gasteiger partial charge in [0.1, 0.15) is 6.04 Å². The van der Waals surface area contributed by atoms with Crippen LogP contribution in [0.25, 0.3) is 0 Å². The number of anilines is 1. The minimum absolute atomic E-state index is 0.308. The highest BCUT2D eigenvalue weighted by Gasteiger charge is 2.35. The second-order valence-electron chi connectivity index (χ2n) is 9.02. The van der Waals surface area contributed by atoms with Gasteiger partial charge in [-0.2, -0.15) is 0 Å². The second-order valence-corrected chi connectivity index (χ2v) is 9.96. The number of hydrogen-bond donors (Lipinski definition) is 2. The van der Waals surface area contributed by atoms with Crippen LogP contribution in [-0.4, -0.2) is 44.0 Å². The van der Waals surface area contributed by atoms with Crippen molar-refractivity contribution in [2.75, 3.05) is 25.7 Å². The van der Waals surface area contributed by atoms with Gasteiger partial charge in [0, 0.05) is 17.3 Å². The van der Waals surface area contributed by atoms with Gasteiger partial charge in [0.25, 0.3) is 5.91 Å². The smallest absolute Gasteiger partial charge is 0.261 e. The first-order valence-electron chi connectivity index (χ1n) is 11.4. The largest absolute Gasteiger partial charge is 0.493 e. The summed E-state index contributed by atoms with van der Waals surface area (Å²) in [5, 5.41) is 7.45. The molecule has 2 aromatic carbocycles. The Kier molecular flexibility index (Phi) is 8.71. The van der Waals surface area contributed by atoms with Gasteiger partial charge >= 0.3 is 0 Å². The number of hydrogen-bond acceptors (Lipinski definition) is 6. The molecule has 1 atom stereocenters. The fraction of sp³-hybridized carbons (Fsp3) is 0.296. The fourth-order valence-corrected chi connectivity index (χ4v) is 4.28. The molecule has 1 aromatic heterocycles. The third-order valence-electron chi connectivity index (χ3n) is 5.18. The molecule has 3 rings (SSSR count). The maximum absolute atomic E-state index is 13.7. The van der Waals surface area contributed by atoms with Crippen LogP contribution in [0.15, 0.2) is 66.0 Å². The van der Waals surface area contributed by atoms with E-state index in [4.69, 9.17) is 9.47 Å². The van der Waals surface area contributed by atoms with E-state index >= 15 is 0 Å². The van der Waals surface area contributed by atoms with Crippen LogP contribution < -0.4 is 25.0 Å². The van der Waals surface area contributed by atoms with Crippen molar-refractivity contribution in [1.82, 2.24) is 10.6 Å². The van der Waals surface area contributed by atoms with Gasteiger partial charge in [-0.1, -0.05) is 36.4 Å². The number of ether oxygens (including phenoxy) is 2. The van der Waals surface area contributed by atoms with Crippen LogP contribution in [0.3, 0.4) is 0 Å². The summed E-state index contributed by atoms with van der Waals surface area (Å²) in [7, 11) is 3.01. The first-order valence-corrected chi connectivity index (χ1v) is 12.3. The summed E-state index contributed by atoms with van der Waals surface area (Å²) in [6.45, 7) is 5.31. The van der Waals surface area contributed by atoms with Crippen molar-refractivity contribution >= 4 is 34.7 Å². The zero-order valence-corrected chi connectivity index (χ0v) is 21.8. The summed E-state index contributed by atoms with van der Waals surface area (Å²) < 4.78 is 10.8. The lowest BCUT2D eigenvalue weighted by atomic mass is 10.0. The van der Waals surface area contributed by atoms with E-state index in [0.29, 0.717) is 27.6 Å². The molecule has 8 nitrogen and oxygen atoms in total. The third kappa shape index (κ3) is 6.63. The number of methoxy groups -OCH3 is 2. The Balaban J connectivity index is 2.07. The van der Waals surface area contributed by atoms with Crippen molar-refractivity contribution in [3.05, 3.63) is 76.5 Å². The van der Waals surface area contributed by atoms with Crippen LogP contribution in [0, 0.1) is 0 Å². The molecular formula is C27H31N3O5S. The van der Waals surface area contributed by atoms with Crippen molar-refractivity contribution < 1.29 is 23.9 Å². The van der Waals surface area contributed by atoms with E-state index in [-0.39, 0.29) is 18.4 Å². The molecule has 3 aromatic rings. The predicted molar refractivity (Wildman–Crippen MR) is 141 cm³/mol. The minimum atomic E-state index is -1.00. The standard InChI is InChI=1S/C27H31N3O5S/c1-27(2,3)29-26(33)24(18-10-7-6-8-11-18)30(19-13-14-20(34-4)21(16-19)35-5)23(31)17-28-25(32)22-12-9-15-36-22/h6-16,24H,17H2,1-5H3,(H,28,32)(H,29,33). The molecule has 1 unspecified atom stereocenters. The predicted octanol–water partition coefficient (Wildman–Crippen LogP) is 4.18. The van der Waals surface area contributed by atoms with Gasteiger partial charge in [-0.15, -0.1) is 11.3 Å². The van der Waals surface area contributed by atoms with E-state index in [1.807, 2.05) is 39.0 Å². The Bertz CT molecular complexity index is 1190. The Morgan fingerprint density at radius 3 is 2.22 bits per heavy atom. The van der Waals surface area contributed by atoms with Gasteiger partial charge in [0.2, 0.25) is 11.8 Å². The number of carbonyl (C=O) groups excluding carboxylic acids is 3. The molecule has 0 aliphatic rings. The highest BCUT2D eigenvalue weighted by Crippen LogP contribution is 2.35. The van der Waals surface area contributed by atoms with Crippen LogP contribution in [0.4, 0.5) is 5.69 Å². The second kappa shape index (κ2) is 11.7. The highest BCUT2D eigenvalue weighted by molar-refractivity contribution is 7.12. The number of nitrogens with zero attached hydrogens (tertiary/aromatic N) is 1. The van der Waals surface area contributed by atoms with Crippen LogP contribution in [0.5, 0.6) is 11.5 Å². The van der Waals surface area contributed by atoms with E-state index in [2.05, 4.69) is 10.6 Å². The maximum atomic E-state index is 13.7. The lowest BCUT2D eigenvalue weighted by molar-refractivity contribution is -0.127. The molecule has 0 aliphatic heterocycles.